The summed E-state index contributed by atoms with van der Waals surface area (Å²) >= 11 is 0. The van der Waals surface area contributed by atoms with Crippen LogP contribution in [0, 0.1) is 20.8 Å². The Morgan fingerprint density at radius 1 is 0.966 bits per heavy atom. The molecular weight excluding hydrogens is 362 g/mol. The number of amides is 2. The third kappa shape index (κ3) is 5.17. The SMILES string of the molecule is Cc1ccc(C(C)NC(=O)CNc2ccc(C(=O)N3CCCC3)cc2C)cc1C. The summed E-state index contributed by atoms with van der Waals surface area (Å²) in [5, 5.41) is 6.23. The van der Waals surface area contributed by atoms with Gasteiger partial charge in [-0.25, -0.2) is 0 Å². The van der Waals surface area contributed by atoms with E-state index < -0.39 is 0 Å². The Bertz CT molecular complexity index is 901. The zero-order valence-electron chi connectivity index (χ0n) is 17.8. The van der Waals surface area contributed by atoms with Crippen LogP contribution in [0.2, 0.25) is 0 Å². The highest BCUT2D eigenvalue weighted by Gasteiger charge is 2.20. The molecule has 2 aromatic carbocycles. The molecule has 1 heterocycles. The predicted octanol–water partition coefficient (Wildman–Crippen LogP) is 4.14. The fourth-order valence-corrected chi connectivity index (χ4v) is 3.68. The van der Waals surface area contributed by atoms with Gasteiger partial charge in [-0.15, -0.1) is 0 Å². The van der Waals surface area contributed by atoms with Crippen LogP contribution in [-0.4, -0.2) is 36.3 Å². The van der Waals surface area contributed by atoms with Crippen LogP contribution in [0.5, 0.6) is 0 Å². The summed E-state index contributed by atoms with van der Waals surface area (Å²) in [7, 11) is 0. The highest BCUT2D eigenvalue weighted by atomic mass is 16.2. The number of anilines is 1. The first-order chi connectivity index (χ1) is 13.8. The van der Waals surface area contributed by atoms with Gasteiger partial charge in [-0.3, -0.25) is 9.59 Å². The quantitative estimate of drug-likeness (QED) is 0.775. The van der Waals surface area contributed by atoms with Crippen LogP contribution < -0.4 is 10.6 Å². The molecule has 2 aromatic rings. The van der Waals surface area contributed by atoms with Crippen molar-refractivity contribution < 1.29 is 9.59 Å². The number of carbonyl (C=O) groups excluding carboxylic acids is 2. The minimum atomic E-state index is -0.0626. The predicted molar refractivity (Wildman–Crippen MR) is 117 cm³/mol. The highest BCUT2D eigenvalue weighted by molar-refractivity contribution is 5.95. The van der Waals surface area contributed by atoms with Crippen LogP contribution in [0.1, 0.15) is 58.4 Å². The van der Waals surface area contributed by atoms with Crippen LogP contribution in [0.3, 0.4) is 0 Å². The second-order valence-electron chi connectivity index (χ2n) is 8.02. The molecule has 0 radical (unpaired) electrons. The van der Waals surface area contributed by atoms with Crippen molar-refractivity contribution in [1.82, 2.24) is 10.2 Å². The Labute approximate surface area is 173 Å². The van der Waals surface area contributed by atoms with Crippen molar-refractivity contribution in [3.63, 3.8) is 0 Å². The molecule has 1 fully saturated rings. The molecule has 0 spiro atoms. The average molecular weight is 394 g/mol. The molecule has 29 heavy (non-hydrogen) atoms. The number of nitrogens with zero attached hydrogens (tertiary/aromatic N) is 1. The van der Waals surface area contributed by atoms with E-state index in [1.807, 2.05) is 36.9 Å². The lowest BCUT2D eigenvalue weighted by atomic mass is 10.0. The molecular formula is C24H31N3O2. The topological polar surface area (TPSA) is 61.4 Å². The van der Waals surface area contributed by atoms with E-state index in [-0.39, 0.29) is 24.4 Å². The number of benzene rings is 2. The van der Waals surface area contributed by atoms with Crippen molar-refractivity contribution in [2.75, 3.05) is 25.0 Å². The second-order valence-corrected chi connectivity index (χ2v) is 8.02. The molecule has 1 unspecified atom stereocenters. The van der Waals surface area contributed by atoms with Crippen LogP contribution >= 0.6 is 0 Å². The number of carbonyl (C=O) groups is 2. The van der Waals surface area contributed by atoms with Gasteiger partial charge in [0, 0.05) is 24.3 Å². The zero-order valence-corrected chi connectivity index (χ0v) is 17.8. The summed E-state index contributed by atoms with van der Waals surface area (Å²) < 4.78 is 0. The summed E-state index contributed by atoms with van der Waals surface area (Å²) in [4.78, 5) is 26.8. The van der Waals surface area contributed by atoms with E-state index in [4.69, 9.17) is 0 Å². The number of nitrogens with one attached hydrogen (secondary N) is 2. The highest BCUT2D eigenvalue weighted by Crippen LogP contribution is 2.20. The van der Waals surface area contributed by atoms with Gasteiger partial charge in [0.1, 0.15) is 0 Å². The number of likely N-dealkylation sites (tertiary alicyclic amines) is 1. The molecule has 5 heteroatoms. The van der Waals surface area contributed by atoms with Gasteiger partial charge in [0.05, 0.1) is 12.6 Å². The fourth-order valence-electron chi connectivity index (χ4n) is 3.68. The normalized spacial score (nSPS) is 14.6. The molecule has 5 nitrogen and oxygen atoms in total. The lowest BCUT2D eigenvalue weighted by molar-refractivity contribution is -0.120. The number of hydrogen-bond acceptors (Lipinski definition) is 3. The third-order valence-corrected chi connectivity index (χ3v) is 5.71. The Morgan fingerprint density at radius 2 is 1.69 bits per heavy atom. The van der Waals surface area contributed by atoms with Crippen LogP contribution in [0.15, 0.2) is 36.4 Å². The van der Waals surface area contributed by atoms with Crippen LogP contribution in [0.25, 0.3) is 0 Å². The van der Waals surface area contributed by atoms with Gasteiger partial charge in [0.2, 0.25) is 5.91 Å². The van der Waals surface area contributed by atoms with Crippen molar-refractivity contribution in [3.05, 3.63) is 64.2 Å². The Kier molecular flexibility index (Phi) is 6.57. The minimum absolute atomic E-state index is 0.0508. The largest absolute Gasteiger partial charge is 0.376 e. The van der Waals surface area contributed by atoms with Crippen molar-refractivity contribution >= 4 is 17.5 Å². The molecule has 154 valence electrons. The van der Waals surface area contributed by atoms with Crippen molar-refractivity contribution in [3.8, 4) is 0 Å². The van der Waals surface area contributed by atoms with Crippen molar-refractivity contribution in [2.45, 2.75) is 46.6 Å². The van der Waals surface area contributed by atoms with Gasteiger partial charge in [0.25, 0.3) is 5.91 Å². The minimum Gasteiger partial charge on any atom is -0.376 e. The third-order valence-electron chi connectivity index (χ3n) is 5.71. The van der Waals surface area contributed by atoms with E-state index in [9.17, 15) is 9.59 Å². The second kappa shape index (κ2) is 9.12. The lowest BCUT2D eigenvalue weighted by Crippen LogP contribution is -2.32. The number of aryl methyl sites for hydroxylation is 3. The molecule has 0 bridgehead atoms. The molecule has 0 aliphatic carbocycles. The molecule has 0 saturated carbocycles. The molecule has 0 aromatic heterocycles. The summed E-state index contributed by atoms with van der Waals surface area (Å²) in [6.45, 7) is 9.99. The van der Waals surface area contributed by atoms with E-state index in [1.54, 1.807) is 0 Å². The maximum atomic E-state index is 12.5. The van der Waals surface area contributed by atoms with Gasteiger partial charge >= 0.3 is 0 Å². The van der Waals surface area contributed by atoms with E-state index in [1.165, 1.54) is 11.1 Å². The Morgan fingerprint density at radius 3 is 2.34 bits per heavy atom. The number of rotatable bonds is 6. The van der Waals surface area contributed by atoms with Crippen LogP contribution in [0.4, 0.5) is 5.69 Å². The van der Waals surface area contributed by atoms with Gasteiger partial charge in [-0.2, -0.15) is 0 Å². The van der Waals surface area contributed by atoms with Gasteiger partial charge < -0.3 is 15.5 Å². The summed E-state index contributed by atoms with van der Waals surface area (Å²) in [6.07, 6.45) is 2.17. The molecule has 1 saturated heterocycles. The first-order valence-electron chi connectivity index (χ1n) is 10.4. The van der Waals surface area contributed by atoms with E-state index in [2.05, 4.69) is 42.7 Å². The first kappa shape index (κ1) is 20.9. The Balaban J connectivity index is 1.55. The molecule has 1 aliphatic heterocycles. The maximum Gasteiger partial charge on any atom is 0.253 e. The molecule has 2 amide bonds. The fraction of sp³-hybridized carbons (Fsp3) is 0.417. The Hall–Kier alpha value is -2.82. The van der Waals surface area contributed by atoms with Gasteiger partial charge in [-0.05, 0) is 81.0 Å². The van der Waals surface area contributed by atoms with E-state index in [0.717, 1.165) is 42.7 Å². The van der Waals surface area contributed by atoms with Crippen molar-refractivity contribution in [1.29, 1.82) is 0 Å². The molecule has 1 atom stereocenters. The average Bonchev–Trinajstić information content (AvgIpc) is 3.23. The standard InChI is InChI=1S/C24H31N3O2/c1-16-7-8-20(13-17(16)2)19(4)26-23(28)15-25-22-10-9-21(14-18(22)3)24(29)27-11-5-6-12-27/h7-10,13-14,19,25H,5-6,11-12,15H2,1-4H3,(H,26,28). The van der Waals surface area contributed by atoms with Gasteiger partial charge in [-0.1, -0.05) is 18.2 Å². The van der Waals surface area contributed by atoms with Crippen molar-refractivity contribution in [2.24, 2.45) is 0 Å². The molecule has 1 aliphatic rings. The summed E-state index contributed by atoms with van der Waals surface area (Å²) in [6, 6.07) is 11.8. The zero-order chi connectivity index (χ0) is 21.0. The molecule has 2 N–H and O–H groups in total. The summed E-state index contributed by atoms with van der Waals surface area (Å²) in [5.74, 6) is 0.0319. The summed E-state index contributed by atoms with van der Waals surface area (Å²) in [5.41, 5.74) is 6.11. The molecule has 3 rings (SSSR count). The smallest absolute Gasteiger partial charge is 0.253 e. The lowest BCUT2D eigenvalue weighted by Gasteiger charge is -2.18. The number of hydrogen-bond donors (Lipinski definition) is 2. The van der Waals surface area contributed by atoms with E-state index >= 15 is 0 Å². The first-order valence-corrected chi connectivity index (χ1v) is 10.4. The monoisotopic (exact) mass is 393 g/mol. The van der Waals surface area contributed by atoms with Gasteiger partial charge in [0.15, 0.2) is 0 Å². The van der Waals surface area contributed by atoms with E-state index in [0.29, 0.717) is 5.56 Å². The maximum absolute atomic E-state index is 12.5. The van der Waals surface area contributed by atoms with Crippen LogP contribution in [-0.2, 0) is 4.79 Å².